The summed E-state index contributed by atoms with van der Waals surface area (Å²) >= 11 is 6.02. The third-order valence-corrected chi connectivity index (χ3v) is 5.76. The smallest absolute Gasteiger partial charge is 0.241 e. The number of anilines is 1. The zero-order chi connectivity index (χ0) is 20.4. The van der Waals surface area contributed by atoms with Crippen LogP contribution in [0.15, 0.2) is 36.4 Å². The van der Waals surface area contributed by atoms with Gasteiger partial charge in [-0.05, 0) is 56.5 Å². The number of carbonyl (C=O) groups excluding carboxylic acids is 1. The van der Waals surface area contributed by atoms with Gasteiger partial charge in [0, 0.05) is 5.02 Å². The van der Waals surface area contributed by atoms with Gasteiger partial charge in [-0.3, -0.25) is 9.10 Å². The van der Waals surface area contributed by atoms with E-state index in [1.165, 1.54) is 0 Å². The van der Waals surface area contributed by atoms with E-state index in [0.29, 0.717) is 10.7 Å². The molecule has 1 amide bonds. The van der Waals surface area contributed by atoms with Gasteiger partial charge < -0.3 is 5.32 Å². The molecule has 27 heavy (non-hydrogen) atoms. The molecule has 1 N–H and O–H groups in total. The Bertz CT molecular complexity index is 958. The summed E-state index contributed by atoms with van der Waals surface area (Å²) in [5.74, 6) is -0.382. The number of halogens is 1. The lowest BCUT2D eigenvalue weighted by molar-refractivity contribution is -0.120. The van der Waals surface area contributed by atoms with Crippen LogP contribution >= 0.6 is 11.6 Å². The number of nitrogens with zero attached hydrogens (tertiary/aromatic N) is 1. The zero-order valence-corrected chi connectivity index (χ0v) is 17.8. The minimum atomic E-state index is -3.65. The lowest BCUT2D eigenvalue weighted by Gasteiger charge is -2.25. The molecule has 0 aliphatic heterocycles. The molecule has 0 spiro atoms. The van der Waals surface area contributed by atoms with Crippen molar-refractivity contribution in [2.75, 3.05) is 17.1 Å². The van der Waals surface area contributed by atoms with Gasteiger partial charge in [0.05, 0.1) is 18.0 Å². The molecule has 0 saturated heterocycles. The number of amides is 1. The molecule has 0 aliphatic carbocycles. The molecule has 5 nitrogen and oxygen atoms in total. The lowest BCUT2D eigenvalue weighted by atomic mass is 10.0. The average molecular weight is 409 g/mol. The lowest BCUT2D eigenvalue weighted by Crippen LogP contribution is -2.41. The molecule has 0 bridgehead atoms. The second kappa shape index (κ2) is 8.31. The Morgan fingerprint density at radius 3 is 2.37 bits per heavy atom. The van der Waals surface area contributed by atoms with Crippen LogP contribution in [0.1, 0.15) is 35.2 Å². The van der Waals surface area contributed by atoms with Crippen molar-refractivity contribution in [2.24, 2.45) is 0 Å². The van der Waals surface area contributed by atoms with Gasteiger partial charge in [0.1, 0.15) is 6.54 Å². The first kappa shape index (κ1) is 21.3. The zero-order valence-electron chi connectivity index (χ0n) is 16.2. The van der Waals surface area contributed by atoms with E-state index in [9.17, 15) is 13.2 Å². The fourth-order valence-electron chi connectivity index (χ4n) is 3.04. The van der Waals surface area contributed by atoms with E-state index < -0.39 is 10.0 Å². The van der Waals surface area contributed by atoms with Gasteiger partial charge in [-0.2, -0.15) is 0 Å². The predicted octanol–water partition coefficient (Wildman–Crippen LogP) is 3.91. The standard InChI is InChI=1S/C20H25ClN2O3S/c1-13-6-9-18(15(3)10-13)16(4)22-20(24)12-23(27(5,25)26)19-11-17(21)8-7-14(19)2/h6-11,16H,12H2,1-5H3,(H,22,24)/t16-/m1/s1. The summed E-state index contributed by atoms with van der Waals surface area (Å²) in [6.45, 7) is 7.35. The average Bonchev–Trinajstić information content (AvgIpc) is 2.54. The SMILES string of the molecule is Cc1ccc([C@@H](C)NC(=O)CN(c2cc(Cl)ccc2C)S(C)(=O)=O)c(C)c1. The van der Waals surface area contributed by atoms with Gasteiger partial charge in [-0.15, -0.1) is 0 Å². The van der Waals surface area contributed by atoms with Crippen molar-refractivity contribution < 1.29 is 13.2 Å². The highest BCUT2D eigenvalue weighted by Crippen LogP contribution is 2.26. The number of nitrogens with one attached hydrogen (secondary N) is 1. The molecular weight excluding hydrogens is 384 g/mol. The monoisotopic (exact) mass is 408 g/mol. The van der Waals surface area contributed by atoms with Gasteiger partial charge in [0.2, 0.25) is 15.9 Å². The van der Waals surface area contributed by atoms with Crippen molar-refractivity contribution in [3.63, 3.8) is 0 Å². The summed E-state index contributed by atoms with van der Waals surface area (Å²) < 4.78 is 25.6. The van der Waals surface area contributed by atoms with Crippen LogP contribution in [0.2, 0.25) is 5.02 Å². The van der Waals surface area contributed by atoms with Crippen LogP contribution < -0.4 is 9.62 Å². The maximum atomic E-state index is 12.6. The molecule has 7 heteroatoms. The highest BCUT2D eigenvalue weighted by molar-refractivity contribution is 7.92. The Labute approximate surface area is 166 Å². The van der Waals surface area contributed by atoms with Crippen LogP contribution in [0, 0.1) is 20.8 Å². The molecule has 1 atom stereocenters. The van der Waals surface area contributed by atoms with Crippen molar-refractivity contribution in [1.29, 1.82) is 0 Å². The maximum absolute atomic E-state index is 12.6. The summed E-state index contributed by atoms with van der Waals surface area (Å²) in [4.78, 5) is 12.6. The second-order valence-electron chi connectivity index (χ2n) is 6.85. The molecule has 2 aromatic rings. The fraction of sp³-hybridized carbons (Fsp3) is 0.350. The van der Waals surface area contributed by atoms with Gasteiger partial charge in [0.15, 0.2) is 0 Å². The van der Waals surface area contributed by atoms with E-state index in [1.54, 1.807) is 25.1 Å². The summed E-state index contributed by atoms with van der Waals surface area (Å²) in [5, 5.41) is 3.30. The predicted molar refractivity (Wildman–Crippen MR) is 111 cm³/mol. The van der Waals surface area contributed by atoms with Gasteiger partial charge in [-0.25, -0.2) is 8.42 Å². The first-order valence-corrected chi connectivity index (χ1v) is 10.8. The topological polar surface area (TPSA) is 66.5 Å². The molecule has 0 heterocycles. The molecule has 0 unspecified atom stereocenters. The van der Waals surface area contributed by atoms with E-state index in [1.807, 2.05) is 32.9 Å². The molecule has 2 aromatic carbocycles. The number of sulfonamides is 1. The maximum Gasteiger partial charge on any atom is 0.241 e. The minimum Gasteiger partial charge on any atom is -0.348 e. The summed E-state index contributed by atoms with van der Waals surface area (Å²) in [6, 6.07) is 10.7. The Balaban J connectivity index is 2.23. The van der Waals surface area contributed by atoms with Crippen LogP contribution in [0.25, 0.3) is 0 Å². The van der Waals surface area contributed by atoms with Crippen LogP contribution in [-0.4, -0.2) is 27.1 Å². The highest BCUT2D eigenvalue weighted by Gasteiger charge is 2.23. The van der Waals surface area contributed by atoms with E-state index in [0.717, 1.165) is 32.8 Å². The number of carbonyl (C=O) groups is 1. The molecule has 0 aliphatic rings. The van der Waals surface area contributed by atoms with Crippen molar-refractivity contribution in [1.82, 2.24) is 5.32 Å². The fourth-order valence-corrected chi connectivity index (χ4v) is 4.11. The van der Waals surface area contributed by atoms with Crippen LogP contribution in [-0.2, 0) is 14.8 Å². The Kier molecular flexibility index (Phi) is 6.54. The quantitative estimate of drug-likeness (QED) is 0.787. The van der Waals surface area contributed by atoms with Crippen LogP contribution in [0.3, 0.4) is 0 Å². The number of aryl methyl sites for hydroxylation is 3. The highest BCUT2D eigenvalue weighted by atomic mass is 35.5. The molecule has 0 saturated carbocycles. The summed E-state index contributed by atoms with van der Waals surface area (Å²) in [7, 11) is -3.65. The number of benzene rings is 2. The number of hydrogen-bond acceptors (Lipinski definition) is 3. The third-order valence-electron chi connectivity index (χ3n) is 4.40. The minimum absolute atomic E-state index is 0.236. The summed E-state index contributed by atoms with van der Waals surface area (Å²) in [6.07, 6.45) is 1.08. The van der Waals surface area contributed by atoms with Crippen LogP contribution in [0.5, 0.6) is 0 Å². The molecule has 0 aromatic heterocycles. The van der Waals surface area contributed by atoms with E-state index >= 15 is 0 Å². The van der Waals surface area contributed by atoms with Crippen molar-refractivity contribution in [2.45, 2.75) is 33.7 Å². The third kappa shape index (κ3) is 5.47. The second-order valence-corrected chi connectivity index (χ2v) is 9.19. The molecule has 0 fully saturated rings. The Hall–Kier alpha value is -2.05. The van der Waals surface area contributed by atoms with Crippen molar-refractivity contribution in [3.8, 4) is 0 Å². The molecule has 0 radical (unpaired) electrons. The summed E-state index contributed by atoms with van der Waals surface area (Å²) in [5.41, 5.74) is 4.35. The molecular formula is C20H25ClN2O3S. The van der Waals surface area contributed by atoms with Gasteiger partial charge in [-0.1, -0.05) is 41.4 Å². The van der Waals surface area contributed by atoms with Crippen LogP contribution in [0.4, 0.5) is 5.69 Å². The number of rotatable bonds is 6. The Morgan fingerprint density at radius 1 is 1.11 bits per heavy atom. The van der Waals surface area contributed by atoms with E-state index in [-0.39, 0.29) is 18.5 Å². The first-order valence-electron chi connectivity index (χ1n) is 8.59. The molecule has 146 valence electrons. The van der Waals surface area contributed by atoms with Gasteiger partial charge >= 0.3 is 0 Å². The van der Waals surface area contributed by atoms with E-state index in [4.69, 9.17) is 11.6 Å². The van der Waals surface area contributed by atoms with Crippen molar-refractivity contribution >= 4 is 33.2 Å². The largest absolute Gasteiger partial charge is 0.348 e. The normalized spacial score (nSPS) is 12.5. The number of hydrogen-bond donors (Lipinski definition) is 1. The van der Waals surface area contributed by atoms with Crippen molar-refractivity contribution in [3.05, 3.63) is 63.7 Å². The van der Waals surface area contributed by atoms with Gasteiger partial charge in [0.25, 0.3) is 0 Å². The first-order chi connectivity index (χ1) is 12.5. The molecule has 2 rings (SSSR count). The van der Waals surface area contributed by atoms with E-state index in [2.05, 4.69) is 11.4 Å². The Morgan fingerprint density at radius 2 is 1.78 bits per heavy atom.